The maximum atomic E-state index is 10.9. The van der Waals surface area contributed by atoms with Crippen LogP contribution in [0.5, 0.6) is 5.75 Å². The molecule has 7 nitrogen and oxygen atoms in total. The molecule has 0 bridgehead atoms. The lowest BCUT2D eigenvalue weighted by molar-refractivity contribution is -0.385. The van der Waals surface area contributed by atoms with Gasteiger partial charge in [0.25, 0.3) is 5.91 Å². The number of nitro groups is 1. The van der Waals surface area contributed by atoms with Crippen molar-refractivity contribution in [2.45, 2.75) is 6.92 Å². The van der Waals surface area contributed by atoms with Crippen LogP contribution in [0.15, 0.2) is 23.8 Å². The van der Waals surface area contributed by atoms with Gasteiger partial charge in [-0.05, 0) is 24.6 Å². The van der Waals surface area contributed by atoms with Gasteiger partial charge in [0.1, 0.15) is 11.6 Å². The minimum absolute atomic E-state index is 0.127. The first-order valence-corrected chi connectivity index (χ1v) is 5.32. The standard InChI is InChI=1S/C12H11N3O4/c1-2-19-11-4-3-8(6-10(11)15(17)18)5-9(7-13)12(14)16/h3-6H,2H2,1H3,(H2,14,16)/b9-5+. The lowest BCUT2D eigenvalue weighted by Gasteiger charge is -2.04. The number of amides is 1. The van der Waals surface area contributed by atoms with Crippen molar-refractivity contribution >= 4 is 17.7 Å². The summed E-state index contributed by atoms with van der Waals surface area (Å²) in [4.78, 5) is 21.2. The summed E-state index contributed by atoms with van der Waals surface area (Å²) in [6.45, 7) is 2.00. The van der Waals surface area contributed by atoms with E-state index in [0.717, 1.165) is 0 Å². The summed E-state index contributed by atoms with van der Waals surface area (Å²) in [7, 11) is 0. The monoisotopic (exact) mass is 261 g/mol. The van der Waals surface area contributed by atoms with E-state index in [1.165, 1.54) is 24.3 Å². The molecule has 0 aliphatic heterocycles. The second-order valence-corrected chi connectivity index (χ2v) is 3.45. The van der Waals surface area contributed by atoms with Crippen molar-refractivity contribution < 1.29 is 14.5 Å². The first kappa shape index (κ1) is 14.2. The Balaban J connectivity index is 3.27. The third-order valence-electron chi connectivity index (χ3n) is 2.18. The van der Waals surface area contributed by atoms with Crippen molar-refractivity contribution in [3.63, 3.8) is 0 Å². The number of hydrogen-bond acceptors (Lipinski definition) is 5. The van der Waals surface area contributed by atoms with Gasteiger partial charge in [0, 0.05) is 6.07 Å². The van der Waals surface area contributed by atoms with Gasteiger partial charge in [-0.1, -0.05) is 6.07 Å². The number of carbonyl (C=O) groups excluding carboxylic acids is 1. The molecule has 1 aromatic carbocycles. The van der Waals surface area contributed by atoms with Crippen LogP contribution in [0, 0.1) is 21.4 Å². The first-order valence-electron chi connectivity index (χ1n) is 5.32. The fraction of sp³-hybridized carbons (Fsp3) is 0.167. The predicted molar refractivity (Wildman–Crippen MR) is 67.0 cm³/mol. The summed E-state index contributed by atoms with van der Waals surface area (Å²) in [5.41, 5.74) is 4.79. The zero-order valence-corrected chi connectivity index (χ0v) is 10.1. The molecule has 0 heterocycles. The number of hydrogen-bond donors (Lipinski definition) is 1. The van der Waals surface area contributed by atoms with E-state index in [1.54, 1.807) is 13.0 Å². The Labute approximate surface area is 109 Å². The van der Waals surface area contributed by atoms with Gasteiger partial charge in [-0.15, -0.1) is 0 Å². The number of ether oxygens (including phenoxy) is 1. The van der Waals surface area contributed by atoms with E-state index in [2.05, 4.69) is 0 Å². The zero-order chi connectivity index (χ0) is 14.4. The molecule has 0 unspecified atom stereocenters. The van der Waals surface area contributed by atoms with Crippen molar-refractivity contribution in [3.8, 4) is 11.8 Å². The van der Waals surface area contributed by atoms with Gasteiger partial charge >= 0.3 is 5.69 Å². The summed E-state index contributed by atoms with van der Waals surface area (Å²) in [6, 6.07) is 5.74. The van der Waals surface area contributed by atoms with Crippen LogP contribution in [0.25, 0.3) is 6.08 Å². The third kappa shape index (κ3) is 3.54. The van der Waals surface area contributed by atoms with Gasteiger partial charge < -0.3 is 10.5 Å². The second kappa shape index (κ2) is 6.16. The number of benzene rings is 1. The van der Waals surface area contributed by atoms with Crippen LogP contribution >= 0.6 is 0 Å². The number of nitro benzene ring substituents is 1. The Morgan fingerprint density at radius 2 is 2.32 bits per heavy atom. The summed E-state index contributed by atoms with van der Waals surface area (Å²) >= 11 is 0. The molecule has 0 saturated carbocycles. The van der Waals surface area contributed by atoms with E-state index in [-0.39, 0.29) is 17.0 Å². The minimum Gasteiger partial charge on any atom is -0.487 e. The third-order valence-corrected chi connectivity index (χ3v) is 2.18. The molecule has 0 aliphatic rings. The molecule has 0 spiro atoms. The van der Waals surface area contributed by atoms with Gasteiger partial charge in [-0.25, -0.2) is 0 Å². The number of carbonyl (C=O) groups is 1. The number of nitrogens with two attached hydrogens (primary N) is 1. The van der Waals surface area contributed by atoms with Crippen LogP contribution in [-0.2, 0) is 4.79 Å². The largest absolute Gasteiger partial charge is 0.487 e. The molecule has 98 valence electrons. The Morgan fingerprint density at radius 3 is 2.79 bits per heavy atom. The predicted octanol–water partition coefficient (Wildman–Crippen LogP) is 1.39. The van der Waals surface area contributed by atoms with Crippen LogP contribution in [-0.4, -0.2) is 17.4 Å². The summed E-state index contributed by atoms with van der Waals surface area (Å²) in [5, 5.41) is 19.6. The summed E-state index contributed by atoms with van der Waals surface area (Å²) in [5.74, 6) is -0.763. The normalized spacial score (nSPS) is 10.6. The zero-order valence-electron chi connectivity index (χ0n) is 10.1. The topological polar surface area (TPSA) is 119 Å². The number of primary amides is 1. The molecule has 0 radical (unpaired) electrons. The molecule has 0 aromatic heterocycles. The van der Waals surface area contributed by atoms with Crippen LogP contribution < -0.4 is 10.5 Å². The SMILES string of the molecule is CCOc1ccc(/C=C(\C#N)C(N)=O)cc1[N+](=O)[O-]. The number of nitrogens with zero attached hydrogens (tertiary/aromatic N) is 2. The van der Waals surface area contributed by atoms with Crippen LogP contribution in [0.2, 0.25) is 0 Å². The average molecular weight is 261 g/mol. The first-order chi connectivity index (χ1) is 8.99. The van der Waals surface area contributed by atoms with E-state index in [0.29, 0.717) is 12.2 Å². The molecule has 2 N–H and O–H groups in total. The Bertz CT molecular complexity index is 587. The number of nitriles is 1. The molecule has 7 heteroatoms. The van der Waals surface area contributed by atoms with E-state index in [1.807, 2.05) is 0 Å². The molecule has 19 heavy (non-hydrogen) atoms. The maximum absolute atomic E-state index is 10.9. The summed E-state index contributed by atoms with van der Waals surface area (Å²) in [6.07, 6.45) is 1.19. The van der Waals surface area contributed by atoms with Crippen molar-refractivity contribution in [2.24, 2.45) is 5.73 Å². The van der Waals surface area contributed by atoms with Crippen LogP contribution in [0.3, 0.4) is 0 Å². The number of rotatable bonds is 5. The quantitative estimate of drug-likeness (QED) is 0.371. The van der Waals surface area contributed by atoms with Gasteiger partial charge in [0.2, 0.25) is 0 Å². The molecule has 1 rings (SSSR count). The van der Waals surface area contributed by atoms with Crippen LogP contribution in [0.1, 0.15) is 12.5 Å². The van der Waals surface area contributed by atoms with E-state index in [9.17, 15) is 14.9 Å². The van der Waals surface area contributed by atoms with Crippen molar-refractivity contribution in [2.75, 3.05) is 6.61 Å². The highest BCUT2D eigenvalue weighted by molar-refractivity contribution is 6.00. The molecule has 1 aromatic rings. The Morgan fingerprint density at radius 1 is 1.63 bits per heavy atom. The molecular weight excluding hydrogens is 250 g/mol. The van der Waals surface area contributed by atoms with Crippen molar-refractivity contribution in [1.82, 2.24) is 0 Å². The van der Waals surface area contributed by atoms with E-state index < -0.39 is 10.8 Å². The summed E-state index contributed by atoms with van der Waals surface area (Å²) < 4.78 is 5.11. The van der Waals surface area contributed by atoms with Gasteiger partial charge in [0.05, 0.1) is 11.5 Å². The molecular formula is C12H11N3O4. The molecule has 0 fully saturated rings. The van der Waals surface area contributed by atoms with Gasteiger partial charge in [0.15, 0.2) is 5.75 Å². The van der Waals surface area contributed by atoms with Crippen molar-refractivity contribution in [1.29, 1.82) is 5.26 Å². The molecule has 1 amide bonds. The molecule has 0 aliphatic carbocycles. The van der Waals surface area contributed by atoms with E-state index >= 15 is 0 Å². The second-order valence-electron chi connectivity index (χ2n) is 3.45. The highest BCUT2D eigenvalue weighted by Gasteiger charge is 2.15. The maximum Gasteiger partial charge on any atom is 0.311 e. The lowest BCUT2D eigenvalue weighted by Crippen LogP contribution is -2.12. The Hall–Kier alpha value is -2.88. The fourth-order valence-corrected chi connectivity index (χ4v) is 1.37. The van der Waals surface area contributed by atoms with E-state index in [4.69, 9.17) is 15.7 Å². The molecule has 0 atom stereocenters. The smallest absolute Gasteiger partial charge is 0.311 e. The molecule has 0 saturated heterocycles. The van der Waals surface area contributed by atoms with Gasteiger partial charge in [-0.3, -0.25) is 14.9 Å². The lowest BCUT2D eigenvalue weighted by atomic mass is 10.1. The van der Waals surface area contributed by atoms with Gasteiger partial charge in [-0.2, -0.15) is 5.26 Å². The Kier molecular flexibility index (Phi) is 4.60. The van der Waals surface area contributed by atoms with Crippen LogP contribution in [0.4, 0.5) is 5.69 Å². The highest BCUT2D eigenvalue weighted by atomic mass is 16.6. The van der Waals surface area contributed by atoms with Crippen molar-refractivity contribution in [3.05, 3.63) is 39.4 Å². The highest BCUT2D eigenvalue weighted by Crippen LogP contribution is 2.28. The average Bonchev–Trinajstić information content (AvgIpc) is 2.37. The fourth-order valence-electron chi connectivity index (χ4n) is 1.37. The minimum atomic E-state index is -0.890.